The van der Waals surface area contributed by atoms with Crippen molar-refractivity contribution in [3.8, 4) is 0 Å². The molecule has 0 spiro atoms. The van der Waals surface area contributed by atoms with Gasteiger partial charge in [-0.1, -0.05) is 65.7 Å². The summed E-state index contributed by atoms with van der Waals surface area (Å²) in [6.45, 7) is 7.95. The van der Waals surface area contributed by atoms with Crippen LogP contribution >= 0.6 is 0 Å². The van der Waals surface area contributed by atoms with Crippen LogP contribution in [0.4, 0.5) is 0 Å². The van der Waals surface area contributed by atoms with E-state index in [1.54, 1.807) is 0 Å². The van der Waals surface area contributed by atoms with Gasteiger partial charge in [-0.3, -0.25) is 0 Å². The van der Waals surface area contributed by atoms with E-state index in [0.717, 1.165) is 18.4 Å². The number of hydrogen-bond acceptors (Lipinski definition) is 1. The SMILES string of the molecule is CCCCC(CC)CC1(CN)CCCC(CC)C1. The van der Waals surface area contributed by atoms with E-state index in [-0.39, 0.29) is 0 Å². The van der Waals surface area contributed by atoms with E-state index in [1.807, 2.05) is 0 Å². The summed E-state index contributed by atoms with van der Waals surface area (Å²) in [4.78, 5) is 0. The Bertz CT molecular complexity index is 214. The molecule has 0 aliphatic heterocycles. The molecule has 0 aromatic rings. The quantitative estimate of drug-likeness (QED) is 0.637. The van der Waals surface area contributed by atoms with Crippen molar-refractivity contribution in [2.75, 3.05) is 6.54 Å². The minimum Gasteiger partial charge on any atom is -0.330 e. The predicted octanol–water partition coefficient (Wildman–Crippen LogP) is 5.14. The minimum absolute atomic E-state index is 0.493. The maximum absolute atomic E-state index is 6.19. The highest BCUT2D eigenvalue weighted by Gasteiger charge is 2.35. The topological polar surface area (TPSA) is 26.0 Å². The first kappa shape index (κ1) is 16.0. The van der Waals surface area contributed by atoms with Gasteiger partial charge < -0.3 is 5.73 Å². The van der Waals surface area contributed by atoms with Gasteiger partial charge in [0.2, 0.25) is 0 Å². The molecule has 18 heavy (non-hydrogen) atoms. The van der Waals surface area contributed by atoms with Crippen LogP contribution in [0.5, 0.6) is 0 Å². The van der Waals surface area contributed by atoms with Gasteiger partial charge in [0, 0.05) is 0 Å². The van der Waals surface area contributed by atoms with Crippen molar-refractivity contribution in [3.05, 3.63) is 0 Å². The van der Waals surface area contributed by atoms with Gasteiger partial charge in [-0.2, -0.15) is 0 Å². The Labute approximate surface area is 115 Å². The molecule has 0 amide bonds. The van der Waals surface area contributed by atoms with E-state index < -0.39 is 0 Å². The molecule has 1 nitrogen and oxygen atoms in total. The number of rotatable bonds is 8. The highest BCUT2D eigenvalue weighted by atomic mass is 14.6. The molecular weight excluding hydrogens is 218 g/mol. The second-order valence-electron chi connectivity index (χ2n) is 6.70. The fourth-order valence-corrected chi connectivity index (χ4v) is 3.94. The van der Waals surface area contributed by atoms with Crippen molar-refractivity contribution in [2.24, 2.45) is 23.0 Å². The summed E-state index contributed by atoms with van der Waals surface area (Å²) in [5, 5.41) is 0. The molecule has 3 unspecified atom stereocenters. The molecule has 108 valence electrons. The first-order chi connectivity index (χ1) is 8.69. The first-order valence-electron chi connectivity index (χ1n) is 8.39. The summed E-state index contributed by atoms with van der Waals surface area (Å²) in [6.07, 6.45) is 13.9. The lowest BCUT2D eigenvalue weighted by atomic mass is 9.64. The lowest BCUT2D eigenvalue weighted by molar-refractivity contribution is 0.104. The maximum atomic E-state index is 6.19. The van der Waals surface area contributed by atoms with Gasteiger partial charge >= 0.3 is 0 Å². The monoisotopic (exact) mass is 253 g/mol. The van der Waals surface area contributed by atoms with Crippen LogP contribution in [0.3, 0.4) is 0 Å². The van der Waals surface area contributed by atoms with Crippen LogP contribution in [0.1, 0.15) is 85.0 Å². The fraction of sp³-hybridized carbons (Fsp3) is 1.00. The Morgan fingerprint density at radius 1 is 1.28 bits per heavy atom. The summed E-state index contributed by atoms with van der Waals surface area (Å²) in [5.41, 5.74) is 6.68. The normalized spacial score (nSPS) is 30.3. The average Bonchev–Trinajstić information content (AvgIpc) is 2.43. The Hall–Kier alpha value is -0.0400. The van der Waals surface area contributed by atoms with Crippen LogP contribution in [0.2, 0.25) is 0 Å². The van der Waals surface area contributed by atoms with Gasteiger partial charge in [0.15, 0.2) is 0 Å². The van der Waals surface area contributed by atoms with E-state index in [1.165, 1.54) is 64.2 Å². The molecule has 0 radical (unpaired) electrons. The van der Waals surface area contributed by atoms with Gasteiger partial charge in [0.05, 0.1) is 0 Å². The summed E-state index contributed by atoms with van der Waals surface area (Å²) < 4.78 is 0. The van der Waals surface area contributed by atoms with Gasteiger partial charge in [-0.05, 0) is 43.1 Å². The maximum Gasteiger partial charge on any atom is -0.00203 e. The summed E-state index contributed by atoms with van der Waals surface area (Å²) in [7, 11) is 0. The van der Waals surface area contributed by atoms with Crippen molar-refractivity contribution in [3.63, 3.8) is 0 Å². The van der Waals surface area contributed by atoms with Crippen molar-refractivity contribution < 1.29 is 0 Å². The summed E-state index contributed by atoms with van der Waals surface area (Å²) >= 11 is 0. The Balaban J connectivity index is 2.56. The molecular formula is C17H35N. The molecule has 2 N–H and O–H groups in total. The molecule has 1 aliphatic carbocycles. The molecule has 0 aromatic heterocycles. The Morgan fingerprint density at radius 3 is 2.61 bits per heavy atom. The third-order valence-corrected chi connectivity index (χ3v) is 5.32. The molecule has 1 rings (SSSR count). The smallest absolute Gasteiger partial charge is 0.00203 e. The summed E-state index contributed by atoms with van der Waals surface area (Å²) in [5.74, 6) is 1.87. The van der Waals surface area contributed by atoms with Gasteiger partial charge in [0.1, 0.15) is 0 Å². The zero-order chi connectivity index (χ0) is 13.4. The van der Waals surface area contributed by atoms with E-state index in [0.29, 0.717) is 5.41 Å². The molecule has 3 atom stereocenters. The van der Waals surface area contributed by atoms with Crippen LogP contribution in [0.25, 0.3) is 0 Å². The number of unbranched alkanes of at least 4 members (excludes halogenated alkanes) is 1. The molecule has 0 saturated heterocycles. The predicted molar refractivity (Wildman–Crippen MR) is 81.7 cm³/mol. The van der Waals surface area contributed by atoms with Crippen LogP contribution in [0, 0.1) is 17.3 Å². The number of nitrogens with two attached hydrogens (primary N) is 1. The van der Waals surface area contributed by atoms with E-state index in [2.05, 4.69) is 20.8 Å². The van der Waals surface area contributed by atoms with Crippen LogP contribution in [0.15, 0.2) is 0 Å². The second kappa shape index (κ2) is 8.19. The molecule has 0 heterocycles. The third kappa shape index (κ3) is 4.57. The lowest BCUT2D eigenvalue weighted by Crippen LogP contribution is -2.37. The van der Waals surface area contributed by atoms with E-state index in [9.17, 15) is 0 Å². The van der Waals surface area contributed by atoms with E-state index >= 15 is 0 Å². The highest BCUT2D eigenvalue weighted by Crippen LogP contribution is 2.45. The minimum atomic E-state index is 0.493. The molecule has 0 bridgehead atoms. The second-order valence-corrected chi connectivity index (χ2v) is 6.70. The molecule has 0 aromatic carbocycles. The first-order valence-corrected chi connectivity index (χ1v) is 8.39. The standard InChI is InChI=1S/C17H35N/c1-4-7-9-15(5-2)12-17(14-18)11-8-10-16(6-3)13-17/h15-16H,4-14,18H2,1-3H3. The van der Waals surface area contributed by atoms with Gasteiger partial charge in [-0.15, -0.1) is 0 Å². The Morgan fingerprint density at radius 2 is 2.06 bits per heavy atom. The molecule has 1 fully saturated rings. The third-order valence-electron chi connectivity index (χ3n) is 5.32. The highest BCUT2D eigenvalue weighted by molar-refractivity contribution is 4.88. The molecule has 1 saturated carbocycles. The van der Waals surface area contributed by atoms with Gasteiger partial charge in [-0.25, -0.2) is 0 Å². The van der Waals surface area contributed by atoms with Crippen molar-refractivity contribution >= 4 is 0 Å². The average molecular weight is 253 g/mol. The van der Waals surface area contributed by atoms with Crippen molar-refractivity contribution in [1.29, 1.82) is 0 Å². The fourth-order valence-electron chi connectivity index (χ4n) is 3.94. The van der Waals surface area contributed by atoms with Crippen molar-refractivity contribution in [2.45, 2.75) is 85.0 Å². The van der Waals surface area contributed by atoms with E-state index in [4.69, 9.17) is 5.73 Å². The zero-order valence-corrected chi connectivity index (χ0v) is 13.0. The van der Waals surface area contributed by atoms with Crippen molar-refractivity contribution in [1.82, 2.24) is 0 Å². The van der Waals surface area contributed by atoms with Crippen LogP contribution in [-0.2, 0) is 0 Å². The lowest BCUT2D eigenvalue weighted by Gasteiger charge is -2.42. The van der Waals surface area contributed by atoms with Crippen LogP contribution in [-0.4, -0.2) is 6.54 Å². The molecule has 1 heteroatoms. The molecule has 1 aliphatic rings. The zero-order valence-electron chi connectivity index (χ0n) is 13.0. The number of hydrogen-bond donors (Lipinski definition) is 1. The largest absolute Gasteiger partial charge is 0.330 e. The van der Waals surface area contributed by atoms with Crippen LogP contribution < -0.4 is 5.73 Å². The Kier molecular flexibility index (Phi) is 7.29. The van der Waals surface area contributed by atoms with Gasteiger partial charge in [0.25, 0.3) is 0 Å². The summed E-state index contributed by atoms with van der Waals surface area (Å²) in [6, 6.07) is 0.